The molecule has 0 spiro atoms. The van der Waals surface area contributed by atoms with Gasteiger partial charge in [0, 0.05) is 52.8 Å². The molecular weight excluding hydrogens is 584 g/mol. The first kappa shape index (κ1) is 32.7. The lowest BCUT2D eigenvalue weighted by Crippen LogP contribution is -2.16. The Morgan fingerprint density at radius 1 is 1.00 bits per heavy atom. The van der Waals surface area contributed by atoms with Gasteiger partial charge in [0.25, 0.3) is 0 Å². The molecular formula is C40H48N4O3. The monoisotopic (exact) mass is 632 g/mol. The highest BCUT2D eigenvalue weighted by Crippen LogP contribution is 2.46. The van der Waals surface area contributed by atoms with Gasteiger partial charge in [0.05, 0.1) is 41.3 Å². The van der Waals surface area contributed by atoms with Gasteiger partial charge in [0.2, 0.25) is 0 Å². The summed E-state index contributed by atoms with van der Waals surface area (Å²) >= 11 is 0. The first-order valence-electron chi connectivity index (χ1n) is 17.4. The van der Waals surface area contributed by atoms with Crippen LogP contribution >= 0.6 is 0 Å². The van der Waals surface area contributed by atoms with Crippen molar-refractivity contribution in [3.05, 3.63) is 104 Å². The first-order valence-corrected chi connectivity index (χ1v) is 17.4. The Balaban J connectivity index is 1.52. The third kappa shape index (κ3) is 6.01. The van der Waals surface area contributed by atoms with Crippen LogP contribution in [0, 0.1) is 11.8 Å². The Kier molecular flexibility index (Phi) is 9.36. The first-order chi connectivity index (χ1) is 22.7. The van der Waals surface area contributed by atoms with Crippen molar-refractivity contribution in [3.8, 4) is 0 Å². The van der Waals surface area contributed by atoms with Crippen LogP contribution in [0.3, 0.4) is 0 Å². The summed E-state index contributed by atoms with van der Waals surface area (Å²) in [4.78, 5) is 27.8. The fourth-order valence-corrected chi connectivity index (χ4v) is 7.60. The maximum Gasteiger partial charge on any atom is 0.305 e. The predicted molar refractivity (Wildman–Crippen MR) is 191 cm³/mol. The number of hydrogen-bond acceptors (Lipinski definition) is 7. The smallest absolute Gasteiger partial charge is 0.305 e. The van der Waals surface area contributed by atoms with E-state index in [4.69, 9.17) is 19.7 Å². The number of aliphatic hydroxyl groups excluding tert-OH is 1. The summed E-state index contributed by atoms with van der Waals surface area (Å²) in [5.74, 6) is 0.251. The van der Waals surface area contributed by atoms with Crippen molar-refractivity contribution >= 4 is 23.1 Å². The number of carbonyl (C=O) groups excluding carboxylic acids is 1. The minimum absolute atomic E-state index is 0.0335. The second-order valence-electron chi connectivity index (χ2n) is 13.4. The highest BCUT2D eigenvalue weighted by Gasteiger charge is 2.41. The van der Waals surface area contributed by atoms with Crippen LogP contribution in [0.1, 0.15) is 99.3 Å². The van der Waals surface area contributed by atoms with Crippen LogP contribution in [0.25, 0.3) is 0 Å². The van der Waals surface area contributed by atoms with Crippen LogP contribution in [-0.2, 0) is 9.53 Å². The van der Waals surface area contributed by atoms with E-state index in [0.29, 0.717) is 25.0 Å². The molecule has 2 N–H and O–H groups in total. The number of hydrogen-bond donors (Lipinski definition) is 2. The number of methoxy groups -OCH3 is 1. The molecule has 2 atom stereocenters. The standard InChI is InChI=1S/C40H48N4O3/c1-8-10-11-12-13-14-15-27-23(4)30-19-32-24(5)28(16-17-37(46)47-7)39(43-32)29-18-36(45)38-25(6)33(44-40(29)38)21-34-26(9-2)22(3)31(41-34)20-35(27)42-30/h14-15,19-21,24,28,43,45H,8-13,16-18H2,1-7H3/b15-14+,32-19?,34-21?,35-20?,39-29?. The summed E-state index contributed by atoms with van der Waals surface area (Å²) in [5, 5.41) is 15.1. The molecule has 1 fully saturated rings. The van der Waals surface area contributed by atoms with Crippen molar-refractivity contribution in [2.75, 3.05) is 7.11 Å². The maximum atomic E-state index is 12.3. The average Bonchev–Trinajstić information content (AvgIpc) is 3.80. The van der Waals surface area contributed by atoms with Crippen LogP contribution in [0.4, 0.5) is 0 Å². The number of aliphatic hydroxyl groups is 1. The number of unbranched alkanes of at least 4 members (excludes halogenated alkanes) is 4. The molecule has 47 heavy (non-hydrogen) atoms. The minimum atomic E-state index is -0.221. The molecule has 6 rings (SSSR count). The zero-order valence-electron chi connectivity index (χ0n) is 29.0. The fraction of sp³-hybridized carbons (Fsp3) is 0.450. The van der Waals surface area contributed by atoms with E-state index in [0.717, 1.165) is 91.9 Å². The van der Waals surface area contributed by atoms with E-state index >= 15 is 0 Å². The van der Waals surface area contributed by atoms with E-state index in [1.54, 1.807) is 0 Å². The minimum Gasteiger partial charge on any atom is -0.511 e. The number of carbonyl (C=O) groups is 1. The summed E-state index contributed by atoms with van der Waals surface area (Å²) in [7, 11) is 1.44. The molecule has 0 amide bonds. The Morgan fingerprint density at radius 3 is 2.51 bits per heavy atom. The summed E-state index contributed by atoms with van der Waals surface area (Å²) in [6, 6.07) is 0. The Hall–Kier alpha value is -4.26. The van der Waals surface area contributed by atoms with Crippen LogP contribution in [0.5, 0.6) is 0 Å². The fourth-order valence-electron chi connectivity index (χ4n) is 7.60. The van der Waals surface area contributed by atoms with E-state index in [2.05, 4.69) is 70.3 Å². The van der Waals surface area contributed by atoms with Crippen molar-refractivity contribution in [1.29, 1.82) is 0 Å². The molecule has 8 bridgehead atoms. The molecule has 2 unspecified atom stereocenters. The maximum absolute atomic E-state index is 12.3. The van der Waals surface area contributed by atoms with Gasteiger partial charge >= 0.3 is 5.97 Å². The number of fused-ring (bicyclic) bond motifs is 5. The van der Waals surface area contributed by atoms with Crippen molar-refractivity contribution in [1.82, 2.24) is 5.32 Å². The van der Waals surface area contributed by atoms with E-state index < -0.39 is 0 Å². The highest BCUT2D eigenvalue weighted by molar-refractivity contribution is 6.21. The molecule has 0 radical (unpaired) electrons. The number of allylic oxidation sites excluding steroid dienone is 13. The van der Waals surface area contributed by atoms with Crippen molar-refractivity contribution < 1.29 is 14.6 Å². The molecule has 0 saturated carbocycles. The summed E-state index contributed by atoms with van der Waals surface area (Å²) in [6.07, 6.45) is 19.1. The van der Waals surface area contributed by atoms with Crippen LogP contribution in [-0.4, -0.2) is 35.3 Å². The SMILES string of the molecule is CCCCCC/C=C/C1=C(C)C2=NC1=CC1=NC(=CC3=C(C)C4=C(O)CC(=C5NC(=C2)C(C)C5CCC(=O)OC)C4=N3)C(CC)=C1C. The molecule has 1 aliphatic carbocycles. The van der Waals surface area contributed by atoms with Gasteiger partial charge in [-0.2, -0.15) is 0 Å². The average molecular weight is 633 g/mol. The van der Waals surface area contributed by atoms with E-state index in [-0.39, 0.29) is 17.8 Å². The quantitative estimate of drug-likeness (QED) is 0.185. The normalized spacial score (nSPS) is 23.6. The number of ether oxygens (including phenoxy) is 1. The molecule has 0 aromatic rings. The highest BCUT2D eigenvalue weighted by atomic mass is 16.5. The molecule has 246 valence electrons. The van der Waals surface area contributed by atoms with Crippen molar-refractivity contribution in [2.24, 2.45) is 26.8 Å². The second-order valence-corrected chi connectivity index (χ2v) is 13.4. The predicted octanol–water partition coefficient (Wildman–Crippen LogP) is 9.14. The largest absolute Gasteiger partial charge is 0.511 e. The molecule has 0 aromatic heterocycles. The van der Waals surface area contributed by atoms with Gasteiger partial charge < -0.3 is 15.2 Å². The Labute approximate surface area is 279 Å². The molecule has 5 aliphatic heterocycles. The van der Waals surface area contributed by atoms with Gasteiger partial charge in [-0.15, -0.1) is 0 Å². The Morgan fingerprint density at radius 2 is 1.77 bits per heavy atom. The van der Waals surface area contributed by atoms with E-state index in [1.165, 1.54) is 38.4 Å². The number of nitrogens with one attached hydrogen (secondary N) is 1. The summed E-state index contributed by atoms with van der Waals surface area (Å²) in [6.45, 7) is 13.0. The summed E-state index contributed by atoms with van der Waals surface area (Å²) < 4.78 is 5.02. The number of nitrogens with zero attached hydrogens (tertiary/aromatic N) is 3. The zero-order chi connectivity index (χ0) is 33.4. The molecule has 6 aliphatic rings. The lowest BCUT2D eigenvalue weighted by atomic mass is 9.86. The third-order valence-corrected chi connectivity index (χ3v) is 10.5. The molecule has 7 heteroatoms. The molecule has 7 nitrogen and oxygen atoms in total. The van der Waals surface area contributed by atoms with Gasteiger partial charge in [-0.05, 0) is 87.0 Å². The van der Waals surface area contributed by atoms with Crippen molar-refractivity contribution in [3.63, 3.8) is 0 Å². The molecule has 5 heterocycles. The lowest BCUT2D eigenvalue weighted by Gasteiger charge is -2.17. The van der Waals surface area contributed by atoms with Crippen LogP contribution in [0.15, 0.2) is 119 Å². The third-order valence-electron chi connectivity index (χ3n) is 10.5. The van der Waals surface area contributed by atoms with Gasteiger partial charge in [0.15, 0.2) is 0 Å². The van der Waals surface area contributed by atoms with Gasteiger partial charge in [-0.25, -0.2) is 15.0 Å². The number of aliphatic imine (C=N–C) groups is 3. The number of esters is 1. The lowest BCUT2D eigenvalue weighted by molar-refractivity contribution is -0.140. The van der Waals surface area contributed by atoms with E-state index in [1.807, 2.05) is 6.92 Å². The van der Waals surface area contributed by atoms with Gasteiger partial charge in [-0.1, -0.05) is 52.2 Å². The second kappa shape index (κ2) is 13.5. The summed E-state index contributed by atoms with van der Waals surface area (Å²) in [5.41, 5.74) is 14.8. The van der Waals surface area contributed by atoms with Crippen LogP contribution < -0.4 is 5.32 Å². The van der Waals surface area contributed by atoms with E-state index in [9.17, 15) is 9.90 Å². The zero-order valence-corrected chi connectivity index (χ0v) is 29.0. The topological polar surface area (TPSA) is 95.6 Å². The van der Waals surface area contributed by atoms with Crippen molar-refractivity contribution in [2.45, 2.75) is 99.3 Å². The Bertz CT molecular complexity index is 1790. The van der Waals surface area contributed by atoms with Gasteiger partial charge in [-0.3, -0.25) is 4.79 Å². The van der Waals surface area contributed by atoms with Gasteiger partial charge in [0.1, 0.15) is 5.76 Å². The number of rotatable bonds is 10. The van der Waals surface area contributed by atoms with Crippen LogP contribution in [0.2, 0.25) is 0 Å². The molecule has 0 aromatic carbocycles. The molecule has 1 saturated heterocycles.